The summed E-state index contributed by atoms with van der Waals surface area (Å²) in [6.45, 7) is 2.07. The topological polar surface area (TPSA) is 53.9 Å². The average molecular weight is 290 g/mol. The highest BCUT2D eigenvalue weighted by molar-refractivity contribution is 6.30. The van der Waals surface area contributed by atoms with Gasteiger partial charge in [0.25, 0.3) is 0 Å². The fourth-order valence-electron chi connectivity index (χ4n) is 2.32. The lowest BCUT2D eigenvalue weighted by Crippen LogP contribution is -2.30. The Morgan fingerprint density at radius 1 is 1.15 bits per heavy atom. The SMILES string of the molecule is Clc1cccc(Nc2nncc(N3CCCCC3)n2)c1. The Kier molecular flexibility index (Phi) is 3.97. The fraction of sp³-hybridized carbons (Fsp3) is 0.357. The third-order valence-electron chi connectivity index (χ3n) is 3.31. The van der Waals surface area contributed by atoms with E-state index in [4.69, 9.17) is 11.6 Å². The van der Waals surface area contributed by atoms with E-state index in [-0.39, 0.29) is 0 Å². The quantitative estimate of drug-likeness (QED) is 0.940. The summed E-state index contributed by atoms with van der Waals surface area (Å²) in [5.41, 5.74) is 0.857. The maximum absolute atomic E-state index is 5.96. The van der Waals surface area contributed by atoms with Gasteiger partial charge < -0.3 is 10.2 Å². The second kappa shape index (κ2) is 6.05. The zero-order valence-corrected chi connectivity index (χ0v) is 11.8. The molecule has 1 aromatic heterocycles. The number of hydrogen-bond donors (Lipinski definition) is 1. The molecule has 1 fully saturated rings. The second-order valence-electron chi connectivity index (χ2n) is 4.82. The van der Waals surface area contributed by atoms with E-state index in [0.29, 0.717) is 11.0 Å². The summed E-state index contributed by atoms with van der Waals surface area (Å²) >= 11 is 5.96. The van der Waals surface area contributed by atoms with Crippen molar-refractivity contribution in [3.63, 3.8) is 0 Å². The van der Waals surface area contributed by atoms with E-state index in [1.807, 2.05) is 24.3 Å². The van der Waals surface area contributed by atoms with Crippen molar-refractivity contribution < 1.29 is 0 Å². The molecule has 0 saturated carbocycles. The Morgan fingerprint density at radius 2 is 2.00 bits per heavy atom. The highest BCUT2D eigenvalue weighted by Gasteiger charge is 2.13. The van der Waals surface area contributed by atoms with Crippen LogP contribution in [0.1, 0.15) is 19.3 Å². The molecule has 2 heterocycles. The van der Waals surface area contributed by atoms with Crippen LogP contribution in [0.25, 0.3) is 0 Å². The van der Waals surface area contributed by atoms with Gasteiger partial charge in [0.15, 0.2) is 5.82 Å². The zero-order valence-electron chi connectivity index (χ0n) is 11.1. The van der Waals surface area contributed by atoms with Crippen LogP contribution in [-0.2, 0) is 0 Å². The van der Waals surface area contributed by atoms with Crippen LogP contribution in [0.5, 0.6) is 0 Å². The predicted molar refractivity (Wildman–Crippen MR) is 80.6 cm³/mol. The first-order valence-electron chi connectivity index (χ1n) is 6.78. The maximum atomic E-state index is 5.96. The largest absolute Gasteiger partial charge is 0.355 e. The summed E-state index contributed by atoms with van der Waals surface area (Å²) in [4.78, 5) is 6.77. The summed E-state index contributed by atoms with van der Waals surface area (Å²) in [6, 6.07) is 7.46. The number of nitrogens with one attached hydrogen (secondary N) is 1. The van der Waals surface area contributed by atoms with Gasteiger partial charge in [-0.2, -0.15) is 10.1 Å². The van der Waals surface area contributed by atoms with Crippen molar-refractivity contribution in [2.45, 2.75) is 19.3 Å². The van der Waals surface area contributed by atoms with Crippen LogP contribution >= 0.6 is 11.6 Å². The first-order chi connectivity index (χ1) is 9.81. The molecule has 0 amide bonds. The van der Waals surface area contributed by atoms with E-state index in [0.717, 1.165) is 24.6 Å². The minimum absolute atomic E-state index is 0.496. The molecule has 1 aliphatic rings. The molecule has 0 radical (unpaired) electrons. The van der Waals surface area contributed by atoms with E-state index in [9.17, 15) is 0 Å². The highest BCUT2D eigenvalue weighted by Crippen LogP contribution is 2.20. The van der Waals surface area contributed by atoms with Crippen LogP contribution in [0.2, 0.25) is 5.02 Å². The molecule has 0 unspecified atom stereocenters. The van der Waals surface area contributed by atoms with Crippen LogP contribution in [-0.4, -0.2) is 28.3 Å². The number of nitrogens with zero attached hydrogens (tertiary/aromatic N) is 4. The summed E-state index contributed by atoms with van der Waals surface area (Å²) in [7, 11) is 0. The van der Waals surface area contributed by atoms with Gasteiger partial charge in [-0.1, -0.05) is 17.7 Å². The Bertz CT molecular complexity index is 583. The number of aromatic nitrogens is 3. The molecule has 1 saturated heterocycles. The number of halogens is 1. The van der Waals surface area contributed by atoms with Crippen molar-refractivity contribution in [1.82, 2.24) is 15.2 Å². The highest BCUT2D eigenvalue weighted by atomic mass is 35.5. The smallest absolute Gasteiger partial charge is 0.249 e. The predicted octanol–water partition coefficient (Wildman–Crippen LogP) is 3.26. The van der Waals surface area contributed by atoms with E-state index in [1.165, 1.54) is 19.3 Å². The summed E-state index contributed by atoms with van der Waals surface area (Å²) < 4.78 is 0. The molecule has 1 aromatic carbocycles. The third kappa shape index (κ3) is 3.17. The van der Waals surface area contributed by atoms with Gasteiger partial charge in [0.2, 0.25) is 5.95 Å². The first-order valence-corrected chi connectivity index (χ1v) is 7.16. The van der Waals surface area contributed by atoms with Gasteiger partial charge in [0.1, 0.15) is 0 Å². The molecular weight excluding hydrogens is 274 g/mol. The Hall–Kier alpha value is -1.88. The monoisotopic (exact) mass is 289 g/mol. The number of benzene rings is 1. The van der Waals surface area contributed by atoms with E-state index < -0.39 is 0 Å². The zero-order chi connectivity index (χ0) is 13.8. The molecule has 5 nitrogen and oxygen atoms in total. The third-order valence-corrected chi connectivity index (χ3v) is 3.54. The molecule has 1 N–H and O–H groups in total. The van der Waals surface area contributed by atoms with Gasteiger partial charge in [-0.05, 0) is 37.5 Å². The molecule has 1 aliphatic heterocycles. The molecule has 6 heteroatoms. The normalized spacial score (nSPS) is 15.2. The van der Waals surface area contributed by atoms with Crippen molar-refractivity contribution in [2.75, 3.05) is 23.3 Å². The number of hydrogen-bond acceptors (Lipinski definition) is 5. The lowest BCUT2D eigenvalue weighted by Gasteiger charge is -2.27. The molecule has 0 spiro atoms. The van der Waals surface area contributed by atoms with E-state index >= 15 is 0 Å². The molecule has 0 aliphatic carbocycles. The molecule has 104 valence electrons. The van der Waals surface area contributed by atoms with E-state index in [1.54, 1.807) is 6.20 Å². The van der Waals surface area contributed by atoms with Crippen LogP contribution in [0.3, 0.4) is 0 Å². The van der Waals surface area contributed by atoms with Crippen molar-refractivity contribution >= 4 is 29.1 Å². The van der Waals surface area contributed by atoms with Gasteiger partial charge in [0.05, 0.1) is 6.20 Å². The molecule has 0 atom stereocenters. The number of anilines is 3. The van der Waals surface area contributed by atoms with Crippen molar-refractivity contribution in [3.8, 4) is 0 Å². The summed E-state index contributed by atoms with van der Waals surface area (Å²) in [5, 5.41) is 11.9. The van der Waals surface area contributed by atoms with Crippen molar-refractivity contribution in [1.29, 1.82) is 0 Å². The van der Waals surface area contributed by atoms with Crippen LogP contribution < -0.4 is 10.2 Å². The lowest BCUT2D eigenvalue weighted by atomic mass is 10.1. The summed E-state index contributed by atoms with van der Waals surface area (Å²) in [6.07, 6.45) is 5.43. The molecule has 0 bridgehead atoms. The minimum Gasteiger partial charge on any atom is -0.355 e. The molecule has 20 heavy (non-hydrogen) atoms. The molecule has 2 aromatic rings. The Morgan fingerprint density at radius 3 is 2.80 bits per heavy atom. The van der Waals surface area contributed by atoms with Gasteiger partial charge in [-0.3, -0.25) is 0 Å². The fourth-order valence-corrected chi connectivity index (χ4v) is 2.51. The van der Waals surface area contributed by atoms with Gasteiger partial charge in [0, 0.05) is 23.8 Å². The molecular formula is C14H16ClN5. The Labute approximate surface area is 123 Å². The minimum atomic E-state index is 0.496. The standard InChI is InChI=1S/C14H16ClN5/c15-11-5-4-6-12(9-11)17-14-18-13(10-16-19-14)20-7-2-1-3-8-20/h4-6,9-10H,1-3,7-8H2,(H,17,18,19). The van der Waals surface area contributed by atoms with Crippen LogP contribution in [0.4, 0.5) is 17.5 Å². The van der Waals surface area contributed by atoms with Crippen LogP contribution in [0.15, 0.2) is 30.5 Å². The summed E-state index contributed by atoms with van der Waals surface area (Å²) in [5.74, 6) is 1.37. The maximum Gasteiger partial charge on any atom is 0.249 e. The van der Waals surface area contributed by atoms with Crippen molar-refractivity contribution in [2.24, 2.45) is 0 Å². The Balaban J connectivity index is 1.77. The van der Waals surface area contributed by atoms with Gasteiger partial charge in [-0.25, -0.2) is 0 Å². The van der Waals surface area contributed by atoms with Gasteiger partial charge in [-0.15, -0.1) is 5.10 Å². The van der Waals surface area contributed by atoms with Crippen LogP contribution in [0, 0.1) is 0 Å². The first kappa shape index (κ1) is 13.1. The number of piperidine rings is 1. The number of rotatable bonds is 3. The second-order valence-corrected chi connectivity index (χ2v) is 5.26. The van der Waals surface area contributed by atoms with Crippen molar-refractivity contribution in [3.05, 3.63) is 35.5 Å². The lowest BCUT2D eigenvalue weighted by molar-refractivity contribution is 0.572. The molecule has 3 rings (SSSR count). The van der Waals surface area contributed by atoms with Gasteiger partial charge >= 0.3 is 0 Å². The average Bonchev–Trinajstić information content (AvgIpc) is 2.48. The van der Waals surface area contributed by atoms with E-state index in [2.05, 4.69) is 25.4 Å².